The minimum atomic E-state index is 0. The van der Waals surface area contributed by atoms with E-state index in [1.54, 1.807) is 0 Å². The molecule has 0 saturated carbocycles. The van der Waals surface area contributed by atoms with Crippen molar-refractivity contribution < 1.29 is 88.7 Å². The maximum absolute atomic E-state index is 0. The molecule has 4 heteroatoms. The van der Waals surface area contributed by atoms with E-state index in [-0.39, 0.29) is 102 Å². The first-order valence-corrected chi connectivity index (χ1v) is 0. The number of rotatable bonds is 0. The third-order valence-electron chi connectivity index (χ3n) is 0. The third kappa shape index (κ3) is 9.02. The Hall–Kier alpha value is 3.35. The predicted octanol–water partition coefficient (Wildman–Crippen LogP) is -8.88. The number of hydrogen-bond donors (Lipinski definition) is 0. The maximum atomic E-state index is 0. The maximum Gasteiger partial charge on any atom is 1.00 e. The van der Waals surface area contributed by atoms with Crippen LogP contribution in [0.2, 0.25) is 0 Å². The van der Waals surface area contributed by atoms with Gasteiger partial charge in [0, 0.05) is 0 Å². The van der Waals surface area contributed by atoms with E-state index in [0.717, 1.165) is 0 Å². The van der Waals surface area contributed by atoms with Crippen LogP contribution in [0.3, 0.4) is 0 Å². The molecule has 0 aliphatic rings. The van der Waals surface area contributed by atoms with E-state index in [9.17, 15) is 0 Å². The quantitative estimate of drug-likeness (QED) is 0.267. The van der Waals surface area contributed by atoms with Gasteiger partial charge in [0.2, 0.25) is 0 Å². The minimum Gasteiger partial charge on any atom is -0.197 e. The molecule has 0 aliphatic carbocycles. The Balaban J connectivity index is 0. The van der Waals surface area contributed by atoms with E-state index in [1.807, 2.05) is 0 Å². The SMILES string of the molecule is S.[Na+].[Na+].[Na+]. The Morgan fingerprint density at radius 3 is 0.500 bits per heavy atom. The molecule has 0 amide bonds. The molecule has 0 atom stereocenters. The van der Waals surface area contributed by atoms with E-state index in [1.165, 1.54) is 0 Å². The van der Waals surface area contributed by atoms with E-state index in [4.69, 9.17) is 0 Å². The average molecular weight is 103 g/mol. The first-order valence-electron chi connectivity index (χ1n) is 0. The van der Waals surface area contributed by atoms with Crippen LogP contribution in [0.25, 0.3) is 0 Å². The second-order valence-corrected chi connectivity index (χ2v) is 0. The van der Waals surface area contributed by atoms with Crippen molar-refractivity contribution >= 4 is 13.5 Å². The summed E-state index contributed by atoms with van der Waals surface area (Å²) >= 11 is 0. The second-order valence-electron chi connectivity index (χ2n) is 0. The smallest absolute Gasteiger partial charge is 0.197 e. The Kier molecular flexibility index (Phi) is 107. The fraction of sp³-hybridized carbons (Fsp3) is 0. The molecule has 0 aliphatic heterocycles. The van der Waals surface area contributed by atoms with Crippen LogP contribution in [0.4, 0.5) is 0 Å². The molecule has 0 unspecified atom stereocenters. The zero-order valence-electron chi connectivity index (χ0n) is 3.50. The summed E-state index contributed by atoms with van der Waals surface area (Å²) in [6.45, 7) is 0. The molecule has 0 N–H and O–H groups in total. The van der Waals surface area contributed by atoms with Crippen molar-refractivity contribution in [1.82, 2.24) is 0 Å². The van der Waals surface area contributed by atoms with Crippen molar-refractivity contribution in [3.05, 3.63) is 0 Å². The van der Waals surface area contributed by atoms with Crippen molar-refractivity contribution in [3.63, 3.8) is 0 Å². The Bertz CT molecular complexity index is 3.25. The second kappa shape index (κ2) is 16.2. The third-order valence-corrected chi connectivity index (χ3v) is 0. The van der Waals surface area contributed by atoms with Crippen LogP contribution in [0.15, 0.2) is 0 Å². The van der Waals surface area contributed by atoms with Crippen LogP contribution in [0, 0.1) is 0 Å². The normalized spacial score (nSPS) is 0. The molecule has 0 rings (SSSR count). The summed E-state index contributed by atoms with van der Waals surface area (Å²) in [6.07, 6.45) is 0. The Labute approximate surface area is 99.8 Å². The Morgan fingerprint density at radius 2 is 0.500 bits per heavy atom. The molecule has 0 nitrogen and oxygen atoms in total. The van der Waals surface area contributed by atoms with Crippen molar-refractivity contribution in [2.45, 2.75) is 0 Å². The fourth-order valence-electron chi connectivity index (χ4n) is 0. The monoisotopic (exact) mass is 103 g/mol. The molecule has 0 bridgehead atoms. The summed E-state index contributed by atoms with van der Waals surface area (Å²) in [6, 6.07) is 0. The van der Waals surface area contributed by atoms with Gasteiger partial charge in [-0.15, -0.1) is 0 Å². The van der Waals surface area contributed by atoms with Crippen molar-refractivity contribution in [2.75, 3.05) is 0 Å². The van der Waals surface area contributed by atoms with Crippen molar-refractivity contribution in [3.8, 4) is 0 Å². The molecule has 0 aromatic rings. The molecule has 0 fully saturated rings. The summed E-state index contributed by atoms with van der Waals surface area (Å²) in [4.78, 5) is 0. The van der Waals surface area contributed by atoms with Gasteiger partial charge in [0.15, 0.2) is 0 Å². The first kappa shape index (κ1) is 26.4. The van der Waals surface area contributed by atoms with Crippen LogP contribution in [0.1, 0.15) is 0 Å². The van der Waals surface area contributed by atoms with E-state index in [0.29, 0.717) is 0 Å². The van der Waals surface area contributed by atoms with Gasteiger partial charge in [-0.05, 0) is 0 Å². The van der Waals surface area contributed by atoms with E-state index < -0.39 is 0 Å². The van der Waals surface area contributed by atoms with Crippen LogP contribution >= 0.6 is 13.5 Å². The van der Waals surface area contributed by atoms with Gasteiger partial charge in [-0.3, -0.25) is 0 Å². The molecule has 0 aromatic heterocycles. The van der Waals surface area contributed by atoms with Gasteiger partial charge in [-0.1, -0.05) is 0 Å². The predicted molar refractivity (Wildman–Crippen MR) is 10.4 cm³/mol. The summed E-state index contributed by atoms with van der Waals surface area (Å²) in [5, 5.41) is 0. The summed E-state index contributed by atoms with van der Waals surface area (Å²) in [7, 11) is 0. The zero-order chi connectivity index (χ0) is 0. The molecule has 4 heavy (non-hydrogen) atoms. The average Bonchev–Trinajstić information content (AvgIpc) is 0. The van der Waals surface area contributed by atoms with Gasteiger partial charge in [-0.2, -0.15) is 13.5 Å². The standard InChI is InChI=1S/3Na.H2S/h;;;1H2/q3*+1;. The van der Waals surface area contributed by atoms with Crippen molar-refractivity contribution in [2.24, 2.45) is 0 Å². The molecule has 0 saturated heterocycles. The molecular weight excluding hydrogens is 101 g/mol. The zero-order valence-corrected chi connectivity index (χ0v) is 10.5. The van der Waals surface area contributed by atoms with Gasteiger partial charge >= 0.3 is 88.7 Å². The molecule has 8 valence electrons. The fourth-order valence-corrected chi connectivity index (χ4v) is 0. The van der Waals surface area contributed by atoms with E-state index in [2.05, 4.69) is 0 Å². The molecule has 0 radical (unpaired) electrons. The van der Waals surface area contributed by atoms with Gasteiger partial charge < -0.3 is 0 Å². The summed E-state index contributed by atoms with van der Waals surface area (Å²) in [5.74, 6) is 0. The molecule has 0 heterocycles. The van der Waals surface area contributed by atoms with Crippen LogP contribution in [0.5, 0.6) is 0 Å². The van der Waals surface area contributed by atoms with Gasteiger partial charge in [0.1, 0.15) is 0 Å². The van der Waals surface area contributed by atoms with Crippen LogP contribution < -0.4 is 88.7 Å². The van der Waals surface area contributed by atoms with Gasteiger partial charge in [0.25, 0.3) is 0 Å². The van der Waals surface area contributed by atoms with E-state index >= 15 is 0 Å². The number of hydrogen-bond acceptors (Lipinski definition) is 0. The summed E-state index contributed by atoms with van der Waals surface area (Å²) in [5.41, 5.74) is 0. The minimum absolute atomic E-state index is 0. The van der Waals surface area contributed by atoms with Crippen molar-refractivity contribution in [1.29, 1.82) is 0 Å². The van der Waals surface area contributed by atoms with Crippen LogP contribution in [-0.2, 0) is 0 Å². The largest absolute Gasteiger partial charge is 1.00 e. The topological polar surface area (TPSA) is 0 Å². The first-order chi connectivity index (χ1) is 0. The Morgan fingerprint density at radius 1 is 0.500 bits per heavy atom. The molecule has 0 spiro atoms. The van der Waals surface area contributed by atoms with Gasteiger partial charge in [0.05, 0.1) is 0 Å². The molecular formula is H2Na3S+3. The summed E-state index contributed by atoms with van der Waals surface area (Å²) < 4.78 is 0. The van der Waals surface area contributed by atoms with Gasteiger partial charge in [-0.25, -0.2) is 0 Å². The molecule has 0 aromatic carbocycles. The van der Waals surface area contributed by atoms with Crippen LogP contribution in [-0.4, -0.2) is 0 Å².